The Kier molecular flexibility index (Phi) is 5.56. The average Bonchev–Trinajstić information content (AvgIpc) is 2.04. The molecule has 6 heteroatoms. The Morgan fingerprint density at radius 1 is 1.33 bits per heavy atom. The van der Waals surface area contributed by atoms with E-state index in [1.165, 1.54) is 0 Å². The molecule has 0 saturated carbocycles. The fourth-order valence-corrected chi connectivity index (χ4v) is 0.573. The first-order valence-corrected chi connectivity index (χ1v) is 3.47. The van der Waals surface area contributed by atoms with Crippen LogP contribution in [0.25, 0.3) is 0 Å². The molecule has 0 aromatic heterocycles. The summed E-state index contributed by atoms with van der Waals surface area (Å²) in [5.41, 5.74) is 0. The van der Waals surface area contributed by atoms with E-state index < -0.39 is 31.3 Å². The van der Waals surface area contributed by atoms with Crippen LogP contribution in [0.3, 0.4) is 0 Å². The summed E-state index contributed by atoms with van der Waals surface area (Å²) in [7, 11) is 0. The van der Waals surface area contributed by atoms with Crippen LogP contribution >= 0.6 is 0 Å². The largest absolute Gasteiger partial charge is 0.480 e. The van der Waals surface area contributed by atoms with Gasteiger partial charge in [-0.25, -0.2) is 0 Å². The number of aliphatic hydroxyl groups excluding tert-OH is 3. The third-order valence-corrected chi connectivity index (χ3v) is 1.29. The summed E-state index contributed by atoms with van der Waals surface area (Å²) >= 11 is 0. The van der Waals surface area contributed by atoms with Crippen LogP contribution in [-0.2, 0) is 4.79 Å². The first-order valence-electron chi connectivity index (χ1n) is 3.47. The Morgan fingerprint density at radius 3 is 2.25 bits per heavy atom. The molecular weight excluding hydrogens is 166 g/mol. The topological polar surface area (TPSA) is 110 Å². The predicted molar refractivity (Wildman–Crippen MR) is 39.6 cm³/mol. The summed E-state index contributed by atoms with van der Waals surface area (Å²) in [5, 5.41) is 36.4. The van der Waals surface area contributed by atoms with Crippen molar-refractivity contribution in [1.29, 1.82) is 0 Å². The summed E-state index contributed by atoms with van der Waals surface area (Å²) in [6.07, 6.45) is -1.00. The molecule has 0 aliphatic carbocycles. The second kappa shape index (κ2) is 5.90. The lowest BCUT2D eigenvalue weighted by Crippen LogP contribution is -2.44. The number of hydrogen-bond donors (Lipinski definition) is 5. The molecule has 0 aliphatic heterocycles. The van der Waals surface area contributed by atoms with Gasteiger partial charge < -0.3 is 20.4 Å². The van der Waals surface area contributed by atoms with Gasteiger partial charge in [0.05, 0.1) is 19.3 Å². The van der Waals surface area contributed by atoms with Gasteiger partial charge in [0.2, 0.25) is 0 Å². The fourth-order valence-electron chi connectivity index (χ4n) is 0.573. The van der Waals surface area contributed by atoms with E-state index in [4.69, 9.17) is 20.4 Å². The zero-order valence-electron chi connectivity index (χ0n) is 6.47. The molecule has 5 N–H and O–H groups in total. The molecule has 0 saturated heterocycles. The van der Waals surface area contributed by atoms with Crippen LogP contribution in [0.15, 0.2) is 0 Å². The predicted octanol–water partition coefficient (Wildman–Crippen LogP) is -2.63. The van der Waals surface area contributed by atoms with Gasteiger partial charge in [-0.05, 0) is 0 Å². The second-order valence-corrected chi connectivity index (χ2v) is 2.32. The third-order valence-electron chi connectivity index (χ3n) is 1.29. The van der Waals surface area contributed by atoms with E-state index in [1.54, 1.807) is 0 Å². The number of aliphatic hydroxyl groups is 3. The van der Waals surface area contributed by atoms with Crippen molar-refractivity contribution in [2.75, 3.05) is 19.8 Å². The second-order valence-electron chi connectivity index (χ2n) is 2.32. The number of nitrogens with one attached hydrogen (secondary N) is 1. The SMILES string of the molecule is O=C(O)C(CO)NCC(O)CO. The van der Waals surface area contributed by atoms with Gasteiger partial charge >= 0.3 is 5.97 Å². The fraction of sp³-hybridized carbons (Fsp3) is 0.833. The van der Waals surface area contributed by atoms with Crippen LogP contribution in [0.2, 0.25) is 0 Å². The molecule has 0 spiro atoms. The normalized spacial score (nSPS) is 15.6. The number of hydrogen-bond acceptors (Lipinski definition) is 5. The zero-order valence-corrected chi connectivity index (χ0v) is 6.47. The molecular formula is C6H13NO5. The third kappa shape index (κ3) is 4.24. The van der Waals surface area contributed by atoms with Crippen LogP contribution in [0, 0.1) is 0 Å². The van der Waals surface area contributed by atoms with E-state index in [0.29, 0.717) is 0 Å². The number of rotatable bonds is 6. The summed E-state index contributed by atoms with van der Waals surface area (Å²) in [6.45, 7) is -1.05. The minimum Gasteiger partial charge on any atom is -0.480 e. The van der Waals surface area contributed by atoms with Crippen molar-refractivity contribution >= 4 is 5.97 Å². The van der Waals surface area contributed by atoms with Crippen molar-refractivity contribution in [3.05, 3.63) is 0 Å². The highest BCUT2D eigenvalue weighted by Crippen LogP contribution is 1.84. The summed E-state index contributed by atoms with van der Waals surface area (Å²) < 4.78 is 0. The number of carbonyl (C=O) groups is 1. The lowest BCUT2D eigenvalue weighted by atomic mass is 10.3. The van der Waals surface area contributed by atoms with Gasteiger partial charge in [-0.2, -0.15) is 0 Å². The molecule has 0 heterocycles. The van der Waals surface area contributed by atoms with E-state index in [2.05, 4.69) is 5.32 Å². The van der Waals surface area contributed by atoms with E-state index in [1.807, 2.05) is 0 Å². The van der Waals surface area contributed by atoms with Crippen molar-refractivity contribution in [3.63, 3.8) is 0 Å². The van der Waals surface area contributed by atoms with Gasteiger partial charge in [0.1, 0.15) is 6.04 Å². The quantitative estimate of drug-likeness (QED) is 0.305. The van der Waals surface area contributed by atoms with Crippen LogP contribution < -0.4 is 5.32 Å². The Bertz CT molecular complexity index is 140. The van der Waals surface area contributed by atoms with E-state index in [0.717, 1.165) is 0 Å². The van der Waals surface area contributed by atoms with E-state index in [9.17, 15) is 4.79 Å². The van der Waals surface area contributed by atoms with Gasteiger partial charge in [0.15, 0.2) is 0 Å². The zero-order chi connectivity index (χ0) is 9.56. The van der Waals surface area contributed by atoms with Crippen molar-refractivity contribution in [1.82, 2.24) is 5.32 Å². The summed E-state index contributed by atoms with van der Waals surface area (Å²) in [5.74, 6) is -1.19. The summed E-state index contributed by atoms with van der Waals surface area (Å²) in [6, 6.07) is -1.09. The maximum absolute atomic E-state index is 10.3. The Balaban J connectivity index is 3.65. The first-order chi connectivity index (χ1) is 5.61. The standard InChI is InChI=1S/C6H13NO5/c8-2-4(10)1-7-5(3-9)6(11)12/h4-5,7-10H,1-3H2,(H,11,12). The van der Waals surface area contributed by atoms with Crippen LogP contribution in [0.5, 0.6) is 0 Å². The maximum atomic E-state index is 10.3. The highest BCUT2D eigenvalue weighted by Gasteiger charge is 2.16. The van der Waals surface area contributed by atoms with Gasteiger partial charge in [0, 0.05) is 6.54 Å². The Morgan fingerprint density at radius 2 is 1.92 bits per heavy atom. The molecule has 0 aromatic rings. The lowest BCUT2D eigenvalue weighted by Gasteiger charge is -2.13. The average molecular weight is 179 g/mol. The van der Waals surface area contributed by atoms with Crippen molar-refractivity contribution in [2.45, 2.75) is 12.1 Å². The number of carboxylic acid groups (broad SMARTS) is 1. The van der Waals surface area contributed by atoms with Crippen LogP contribution in [-0.4, -0.2) is 58.3 Å². The smallest absolute Gasteiger partial charge is 0.323 e. The van der Waals surface area contributed by atoms with Crippen molar-refractivity contribution in [2.24, 2.45) is 0 Å². The van der Waals surface area contributed by atoms with Gasteiger partial charge in [-0.15, -0.1) is 0 Å². The minimum absolute atomic E-state index is 0.0615. The molecule has 0 aliphatic rings. The first kappa shape index (κ1) is 11.3. The van der Waals surface area contributed by atoms with Gasteiger partial charge in [0.25, 0.3) is 0 Å². The molecule has 72 valence electrons. The Labute approximate surface area is 69.5 Å². The van der Waals surface area contributed by atoms with Crippen molar-refractivity contribution in [3.8, 4) is 0 Å². The molecule has 2 unspecified atom stereocenters. The summed E-state index contributed by atoms with van der Waals surface area (Å²) in [4.78, 5) is 10.3. The van der Waals surface area contributed by atoms with Crippen LogP contribution in [0.1, 0.15) is 0 Å². The molecule has 2 atom stereocenters. The Hall–Kier alpha value is -0.690. The molecule has 0 fully saturated rings. The molecule has 0 amide bonds. The minimum atomic E-state index is -1.19. The molecule has 0 radical (unpaired) electrons. The van der Waals surface area contributed by atoms with E-state index in [-0.39, 0.29) is 6.54 Å². The van der Waals surface area contributed by atoms with Crippen LogP contribution in [0.4, 0.5) is 0 Å². The molecule has 0 aromatic carbocycles. The highest BCUT2D eigenvalue weighted by atomic mass is 16.4. The lowest BCUT2D eigenvalue weighted by molar-refractivity contribution is -0.140. The molecule has 6 nitrogen and oxygen atoms in total. The number of aliphatic carboxylic acids is 1. The number of carboxylic acids is 1. The van der Waals surface area contributed by atoms with E-state index >= 15 is 0 Å². The molecule has 12 heavy (non-hydrogen) atoms. The molecule has 0 bridgehead atoms. The molecule has 0 rings (SSSR count). The maximum Gasteiger partial charge on any atom is 0.323 e. The van der Waals surface area contributed by atoms with Gasteiger partial charge in [-0.3, -0.25) is 10.1 Å². The van der Waals surface area contributed by atoms with Gasteiger partial charge in [-0.1, -0.05) is 0 Å². The monoisotopic (exact) mass is 179 g/mol. The van der Waals surface area contributed by atoms with Crippen molar-refractivity contribution < 1.29 is 25.2 Å². The highest BCUT2D eigenvalue weighted by molar-refractivity contribution is 5.73.